The lowest BCUT2D eigenvalue weighted by molar-refractivity contribution is -0.134. The SMILES string of the molecule is NC(=O)C1(N2CCCCC2)CCN(CCc2ccc(F)cc2)CC1. The predicted molar refractivity (Wildman–Crippen MR) is 93.1 cm³/mol. The van der Waals surface area contributed by atoms with Gasteiger partial charge in [0.1, 0.15) is 11.4 Å². The standard InChI is InChI=1S/C19H28FN3O/c20-17-6-4-16(5-7-17)8-13-22-14-9-19(10-15-22,18(21)24)23-11-2-1-3-12-23/h4-7H,1-3,8-15H2,(H2,21,24). The quantitative estimate of drug-likeness (QED) is 0.898. The molecule has 1 amide bonds. The number of nitrogens with zero attached hydrogens (tertiary/aromatic N) is 2. The van der Waals surface area contributed by atoms with Gasteiger partial charge in [0.2, 0.25) is 5.91 Å². The van der Waals surface area contributed by atoms with Gasteiger partial charge in [-0.25, -0.2) is 4.39 Å². The highest BCUT2D eigenvalue weighted by molar-refractivity contribution is 5.84. The van der Waals surface area contributed by atoms with Crippen LogP contribution in [-0.4, -0.2) is 54.0 Å². The summed E-state index contributed by atoms with van der Waals surface area (Å²) in [6.45, 7) is 4.75. The van der Waals surface area contributed by atoms with E-state index in [9.17, 15) is 9.18 Å². The molecule has 0 atom stereocenters. The van der Waals surface area contributed by atoms with Crippen molar-refractivity contribution in [2.75, 3.05) is 32.7 Å². The number of likely N-dealkylation sites (tertiary alicyclic amines) is 2. The fourth-order valence-electron chi connectivity index (χ4n) is 4.13. The molecular weight excluding hydrogens is 305 g/mol. The van der Waals surface area contributed by atoms with Gasteiger partial charge < -0.3 is 10.6 Å². The number of primary amides is 1. The van der Waals surface area contributed by atoms with Crippen LogP contribution in [0, 0.1) is 5.82 Å². The van der Waals surface area contributed by atoms with E-state index in [1.807, 2.05) is 12.1 Å². The number of nitrogens with two attached hydrogens (primary N) is 1. The summed E-state index contributed by atoms with van der Waals surface area (Å²) in [4.78, 5) is 17.0. The normalized spacial score (nSPS) is 22.4. The highest BCUT2D eigenvalue weighted by Crippen LogP contribution is 2.31. The molecule has 2 aliphatic heterocycles. The van der Waals surface area contributed by atoms with Crippen LogP contribution < -0.4 is 5.73 Å². The monoisotopic (exact) mass is 333 g/mol. The van der Waals surface area contributed by atoms with Crippen LogP contribution in [0.4, 0.5) is 4.39 Å². The maximum absolute atomic E-state index is 13.0. The number of hydrogen-bond donors (Lipinski definition) is 1. The van der Waals surface area contributed by atoms with E-state index in [0.717, 1.165) is 57.5 Å². The molecule has 5 heteroatoms. The Kier molecular flexibility index (Phi) is 5.51. The number of amides is 1. The lowest BCUT2D eigenvalue weighted by Gasteiger charge is -2.48. The summed E-state index contributed by atoms with van der Waals surface area (Å²) in [5.74, 6) is -0.341. The Hall–Kier alpha value is -1.46. The van der Waals surface area contributed by atoms with Crippen LogP contribution in [0.5, 0.6) is 0 Å². The summed E-state index contributed by atoms with van der Waals surface area (Å²) in [6, 6.07) is 6.72. The summed E-state index contributed by atoms with van der Waals surface area (Å²) >= 11 is 0. The van der Waals surface area contributed by atoms with Gasteiger partial charge in [0.05, 0.1) is 0 Å². The van der Waals surface area contributed by atoms with Crippen molar-refractivity contribution in [1.82, 2.24) is 9.80 Å². The molecule has 2 heterocycles. The Bertz CT molecular complexity index is 546. The van der Waals surface area contributed by atoms with Gasteiger partial charge in [-0.2, -0.15) is 0 Å². The minimum absolute atomic E-state index is 0.150. The molecule has 2 fully saturated rings. The number of carbonyl (C=O) groups is 1. The first-order valence-corrected chi connectivity index (χ1v) is 9.12. The molecule has 1 aromatic rings. The van der Waals surface area contributed by atoms with Crippen molar-refractivity contribution < 1.29 is 9.18 Å². The highest BCUT2D eigenvalue weighted by atomic mass is 19.1. The second kappa shape index (κ2) is 7.62. The van der Waals surface area contributed by atoms with E-state index in [2.05, 4.69) is 9.80 Å². The highest BCUT2D eigenvalue weighted by Gasteiger charge is 2.44. The third-order valence-corrected chi connectivity index (χ3v) is 5.73. The van der Waals surface area contributed by atoms with Gasteiger partial charge in [0.25, 0.3) is 0 Å². The Labute approximate surface area is 143 Å². The zero-order valence-electron chi connectivity index (χ0n) is 14.3. The molecule has 2 aliphatic rings. The topological polar surface area (TPSA) is 49.6 Å². The lowest BCUT2D eigenvalue weighted by Crippen LogP contribution is -2.63. The van der Waals surface area contributed by atoms with Crippen molar-refractivity contribution in [3.05, 3.63) is 35.6 Å². The van der Waals surface area contributed by atoms with Crippen LogP contribution >= 0.6 is 0 Å². The number of halogens is 1. The molecule has 0 aromatic heterocycles. The maximum atomic E-state index is 13.0. The molecule has 0 saturated carbocycles. The van der Waals surface area contributed by atoms with E-state index in [1.54, 1.807) is 0 Å². The van der Waals surface area contributed by atoms with E-state index in [-0.39, 0.29) is 11.7 Å². The average molecular weight is 333 g/mol. The first kappa shape index (κ1) is 17.4. The summed E-state index contributed by atoms with van der Waals surface area (Å²) in [6.07, 6.45) is 6.16. The smallest absolute Gasteiger partial charge is 0.238 e. The van der Waals surface area contributed by atoms with E-state index >= 15 is 0 Å². The average Bonchev–Trinajstić information content (AvgIpc) is 2.62. The van der Waals surface area contributed by atoms with Crippen molar-refractivity contribution in [3.8, 4) is 0 Å². The van der Waals surface area contributed by atoms with Gasteiger partial charge >= 0.3 is 0 Å². The third-order valence-electron chi connectivity index (χ3n) is 5.73. The van der Waals surface area contributed by atoms with Gasteiger partial charge in [-0.15, -0.1) is 0 Å². The van der Waals surface area contributed by atoms with Crippen molar-refractivity contribution in [1.29, 1.82) is 0 Å². The molecule has 0 bridgehead atoms. The maximum Gasteiger partial charge on any atom is 0.238 e. The zero-order valence-corrected chi connectivity index (χ0v) is 14.3. The molecular formula is C19H28FN3O. The Morgan fingerprint density at radius 3 is 2.25 bits per heavy atom. The first-order valence-electron chi connectivity index (χ1n) is 9.12. The fraction of sp³-hybridized carbons (Fsp3) is 0.632. The minimum Gasteiger partial charge on any atom is -0.368 e. The summed E-state index contributed by atoms with van der Waals surface area (Å²) in [7, 11) is 0. The fourth-order valence-corrected chi connectivity index (χ4v) is 4.13. The minimum atomic E-state index is -0.438. The Morgan fingerprint density at radius 2 is 1.67 bits per heavy atom. The van der Waals surface area contributed by atoms with E-state index in [0.29, 0.717) is 0 Å². The van der Waals surface area contributed by atoms with E-state index < -0.39 is 5.54 Å². The van der Waals surface area contributed by atoms with Gasteiger partial charge in [0, 0.05) is 19.6 Å². The first-order chi connectivity index (χ1) is 11.6. The van der Waals surface area contributed by atoms with Crippen LogP contribution in [0.25, 0.3) is 0 Å². The van der Waals surface area contributed by atoms with Crippen molar-refractivity contribution in [2.45, 2.75) is 44.1 Å². The molecule has 0 radical (unpaired) electrons. The van der Waals surface area contributed by atoms with Crippen molar-refractivity contribution in [2.24, 2.45) is 5.73 Å². The van der Waals surface area contributed by atoms with Gasteiger partial charge in [0.15, 0.2) is 0 Å². The van der Waals surface area contributed by atoms with E-state index in [4.69, 9.17) is 5.73 Å². The van der Waals surface area contributed by atoms with E-state index in [1.165, 1.54) is 31.4 Å². The largest absolute Gasteiger partial charge is 0.368 e. The molecule has 0 aliphatic carbocycles. The second-order valence-corrected chi connectivity index (χ2v) is 7.16. The molecule has 2 saturated heterocycles. The summed E-state index contributed by atoms with van der Waals surface area (Å²) in [5.41, 5.74) is 6.54. The molecule has 132 valence electrons. The second-order valence-electron chi connectivity index (χ2n) is 7.16. The van der Waals surface area contributed by atoms with Crippen LogP contribution in [0.3, 0.4) is 0 Å². The van der Waals surface area contributed by atoms with Crippen molar-refractivity contribution >= 4 is 5.91 Å². The van der Waals surface area contributed by atoms with Crippen LogP contribution in [0.2, 0.25) is 0 Å². The van der Waals surface area contributed by atoms with Crippen molar-refractivity contribution in [3.63, 3.8) is 0 Å². The van der Waals surface area contributed by atoms with Crippen LogP contribution in [0.15, 0.2) is 24.3 Å². The number of carbonyl (C=O) groups excluding carboxylic acids is 1. The number of piperidine rings is 2. The molecule has 0 unspecified atom stereocenters. The van der Waals surface area contributed by atoms with Gasteiger partial charge in [-0.1, -0.05) is 18.6 Å². The van der Waals surface area contributed by atoms with Crippen LogP contribution in [-0.2, 0) is 11.2 Å². The number of rotatable bonds is 5. The Balaban J connectivity index is 1.55. The molecule has 24 heavy (non-hydrogen) atoms. The Morgan fingerprint density at radius 1 is 1.04 bits per heavy atom. The molecule has 1 aromatic carbocycles. The lowest BCUT2D eigenvalue weighted by atomic mass is 9.83. The molecule has 3 rings (SSSR count). The molecule has 2 N–H and O–H groups in total. The molecule has 0 spiro atoms. The van der Waals surface area contributed by atoms with Crippen LogP contribution in [0.1, 0.15) is 37.7 Å². The number of benzene rings is 1. The number of hydrogen-bond acceptors (Lipinski definition) is 3. The van der Waals surface area contributed by atoms with Gasteiger partial charge in [-0.3, -0.25) is 9.69 Å². The molecule has 4 nitrogen and oxygen atoms in total. The van der Waals surface area contributed by atoms with Gasteiger partial charge in [-0.05, 0) is 62.9 Å². The third kappa shape index (κ3) is 3.78. The summed E-state index contributed by atoms with van der Waals surface area (Å²) < 4.78 is 13.0. The predicted octanol–water partition coefficient (Wildman–Crippen LogP) is 2.17. The summed E-state index contributed by atoms with van der Waals surface area (Å²) in [5, 5.41) is 0. The zero-order chi connectivity index (χ0) is 17.0.